The van der Waals surface area contributed by atoms with Gasteiger partial charge >= 0.3 is 5.97 Å². The van der Waals surface area contributed by atoms with E-state index in [0.29, 0.717) is 23.5 Å². The molecule has 2 aromatic rings. The number of aryl methyl sites for hydroxylation is 1. The van der Waals surface area contributed by atoms with E-state index in [-0.39, 0.29) is 22.9 Å². The highest BCUT2D eigenvalue weighted by Gasteiger charge is 2.53. The first-order valence-electron chi connectivity index (χ1n) is 8.49. The minimum absolute atomic E-state index is 0.00288. The molecule has 2 aliphatic rings. The Hall–Kier alpha value is -2.35. The van der Waals surface area contributed by atoms with Crippen LogP contribution in [0.3, 0.4) is 0 Å². The van der Waals surface area contributed by atoms with Gasteiger partial charge in [0.1, 0.15) is 18.3 Å². The maximum Gasteiger partial charge on any atom is 0.330 e. The van der Waals surface area contributed by atoms with Crippen LogP contribution in [0.1, 0.15) is 31.0 Å². The topological polar surface area (TPSA) is 81.0 Å². The van der Waals surface area contributed by atoms with E-state index in [2.05, 4.69) is 4.98 Å². The Morgan fingerprint density at radius 3 is 3.04 bits per heavy atom. The molecule has 8 heteroatoms. The fourth-order valence-electron chi connectivity index (χ4n) is 3.57. The van der Waals surface area contributed by atoms with Crippen molar-refractivity contribution < 1.29 is 14.3 Å². The van der Waals surface area contributed by atoms with E-state index in [0.717, 1.165) is 12.0 Å². The molecule has 4 heterocycles. The van der Waals surface area contributed by atoms with Gasteiger partial charge in [-0.15, -0.1) is 11.8 Å². The summed E-state index contributed by atoms with van der Waals surface area (Å²) in [6.45, 7) is 3.80. The first-order chi connectivity index (χ1) is 12.4. The number of fused-ring (bicyclic) bond motifs is 2. The van der Waals surface area contributed by atoms with Gasteiger partial charge in [0.2, 0.25) is 5.91 Å². The Labute approximate surface area is 154 Å². The molecule has 2 atom stereocenters. The molecule has 7 nitrogen and oxygen atoms in total. The zero-order valence-electron chi connectivity index (χ0n) is 14.6. The predicted octanol–water partition coefficient (Wildman–Crippen LogP) is 1.50. The van der Waals surface area contributed by atoms with Crippen molar-refractivity contribution in [1.82, 2.24) is 14.3 Å². The number of esters is 1. The molecule has 136 valence electrons. The van der Waals surface area contributed by atoms with Crippen molar-refractivity contribution in [2.75, 3.05) is 5.75 Å². The van der Waals surface area contributed by atoms with Crippen LogP contribution in [0.15, 0.2) is 29.2 Å². The van der Waals surface area contributed by atoms with Gasteiger partial charge in [-0.05, 0) is 31.9 Å². The number of aromatic nitrogens is 2. The second-order valence-electron chi connectivity index (χ2n) is 6.89. The first-order valence-corrected chi connectivity index (χ1v) is 9.48. The highest BCUT2D eigenvalue weighted by atomic mass is 32.2. The second-order valence-corrected chi connectivity index (χ2v) is 8.40. The van der Waals surface area contributed by atoms with Gasteiger partial charge in [0.15, 0.2) is 0 Å². The number of hydrogen-bond acceptors (Lipinski definition) is 6. The molecule has 2 saturated heterocycles. The molecular weight excluding hydrogens is 354 g/mol. The molecule has 1 amide bonds. The molecule has 0 radical (unpaired) electrons. The molecule has 0 aliphatic carbocycles. The fraction of sp³-hybridized carbons (Fsp3) is 0.444. The van der Waals surface area contributed by atoms with Crippen LogP contribution < -0.4 is 5.56 Å². The van der Waals surface area contributed by atoms with E-state index in [1.54, 1.807) is 28.9 Å². The van der Waals surface area contributed by atoms with Crippen molar-refractivity contribution in [2.45, 2.75) is 44.2 Å². The molecule has 0 aromatic carbocycles. The summed E-state index contributed by atoms with van der Waals surface area (Å²) in [6, 6.07) is 4.43. The van der Waals surface area contributed by atoms with Gasteiger partial charge in [0.25, 0.3) is 5.56 Å². The lowest BCUT2D eigenvalue weighted by atomic mass is 10.2. The molecule has 26 heavy (non-hydrogen) atoms. The van der Waals surface area contributed by atoms with Crippen LogP contribution >= 0.6 is 11.8 Å². The SMILES string of the molecule is Cc1ccc2nc(COC(=O)[C@H]3CS[C@@]4(C)CCC(=O)N34)cc(=O)n2c1. The third-order valence-corrected chi connectivity index (χ3v) is 6.44. The quantitative estimate of drug-likeness (QED) is 0.759. The van der Waals surface area contributed by atoms with Crippen molar-refractivity contribution >= 4 is 29.3 Å². The molecule has 0 N–H and O–H groups in total. The van der Waals surface area contributed by atoms with Crippen LogP contribution in [0.4, 0.5) is 0 Å². The highest BCUT2D eigenvalue weighted by Crippen LogP contribution is 2.47. The maximum absolute atomic E-state index is 12.5. The van der Waals surface area contributed by atoms with Gasteiger partial charge in [-0.2, -0.15) is 0 Å². The zero-order valence-corrected chi connectivity index (χ0v) is 15.4. The molecule has 4 rings (SSSR count). The van der Waals surface area contributed by atoms with Crippen molar-refractivity contribution in [3.63, 3.8) is 0 Å². The van der Waals surface area contributed by atoms with Crippen LogP contribution in [0.5, 0.6) is 0 Å². The number of ether oxygens (including phenoxy) is 1. The van der Waals surface area contributed by atoms with Gasteiger partial charge in [0.05, 0.1) is 10.6 Å². The minimum Gasteiger partial charge on any atom is -0.458 e. The van der Waals surface area contributed by atoms with Crippen LogP contribution in [0.25, 0.3) is 5.65 Å². The van der Waals surface area contributed by atoms with Gasteiger partial charge in [-0.3, -0.25) is 14.0 Å². The number of pyridine rings is 1. The summed E-state index contributed by atoms with van der Waals surface area (Å²) >= 11 is 1.62. The number of amides is 1. The largest absolute Gasteiger partial charge is 0.458 e. The number of rotatable bonds is 3. The van der Waals surface area contributed by atoms with Gasteiger partial charge in [-0.1, -0.05) is 6.07 Å². The van der Waals surface area contributed by atoms with E-state index in [1.807, 2.05) is 19.9 Å². The van der Waals surface area contributed by atoms with Gasteiger partial charge < -0.3 is 9.64 Å². The maximum atomic E-state index is 12.5. The van der Waals surface area contributed by atoms with Crippen LogP contribution in [-0.2, 0) is 20.9 Å². The number of carbonyl (C=O) groups is 2. The smallest absolute Gasteiger partial charge is 0.330 e. The Kier molecular flexibility index (Phi) is 4.02. The molecule has 0 bridgehead atoms. The lowest BCUT2D eigenvalue weighted by Crippen LogP contribution is -2.46. The number of thioether (sulfide) groups is 1. The van der Waals surface area contributed by atoms with E-state index < -0.39 is 12.0 Å². The van der Waals surface area contributed by atoms with E-state index in [1.165, 1.54) is 10.5 Å². The lowest BCUT2D eigenvalue weighted by Gasteiger charge is -2.29. The van der Waals surface area contributed by atoms with Crippen molar-refractivity contribution in [3.8, 4) is 0 Å². The van der Waals surface area contributed by atoms with Crippen molar-refractivity contribution in [2.24, 2.45) is 0 Å². The van der Waals surface area contributed by atoms with Crippen LogP contribution in [0.2, 0.25) is 0 Å². The number of carbonyl (C=O) groups excluding carboxylic acids is 2. The summed E-state index contributed by atoms with van der Waals surface area (Å²) in [7, 11) is 0. The Bertz CT molecular complexity index is 973. The van der Waals surface area contributed by atoms with E-state index in [9.17, 15) is 14.4 Å². The Morgan fingerprint density at radius 2 is 2.23 bits per heavy atom. The summed E-state index contributed by atoms with van der Waals surface area (Å²) in [4.78, 5) is 42.6. The van der Waals surface area contributed by atoms with Crippen molar-refractivity contribution in [1.29, 1.82) is 0 Å². The predicted molar refractivity (Wildman–Crippen MR) is 96.7 cm³/mol. The molecular formula is C18H19N3O4S. The summed E-state index contributed by atoms with van der Waals surface area (Å²) in [6.07, 6.45) is 2.94. The molecule has 0 spiro atoms. The molecule has 2 aromatic heterocycles. The lowest BCUT2D eigenvalue weighted by molar-refractivity contribution is -0.154. The third-order valence-electron chi connectivity index (χ3n) is 4.94. The summed E-state index contributed by atoms with van der Waals surface area (Å²) in [5.74, 6) is 0.0908. The Balaban J connectivity index is 1.50. The normalized spacial score (nSPS) is 24.9. The zero-order chi connectivity index (χ0) is 18.5. The van der Waals surface area contributed by atoms with Gasteiger partial charge in [-0.25, -0.2) is 9.78 Å². The summed E-state index contributed by atoms with van der Waals surface area (Å²) in [5.41, 5.74) is 1.64. The first kappa shape index (κ1) is 17.1. The van der Waals surface area contributed by atoms with Crippen molar-refractivity contribution in [3.05, 3.63) is 46.0 Å². The molecule has 2 fully saturated rings. The van der Waals surface area contributed by atoms with E-state index >= 15 is 0 Å². The van der Waals surface area contributed by atoms with E-state index in [4.69, 9.17) is 4.74 Å². The number of nitrogens with zero attached hydrogens (tertiary/aromatic N) is 3. The number of hydrogen-bond donors (Lipinski definition) is 0. The molecule has 0 saturated carbocycles. The van der Waals surface area contributed by atoms with Crippen LogP contribution in [-0.4, -0.2) is 42.8 Å². The minimum atomic E-state index is -0.566. The van der Waals surface area contributed by atoms with Gasteiger partial charge in [0, 0.05) is 24.4 Å². The standard InChI is InChI=1S/C18H19N3O4S/c1-11-3-4-14-19-12(7-16(23)20(14)8-11)9-25-17(24)13-10-26-18(2)6-5-15(22)21(13)18/h3-4,7-8,13H,5-6,9-10H2,1-2H3/t13-,18+/m1/s1. The fourth-order valence-corrected chi connectivity index (χ4v) is 4.99. The molecule has 0 unspecified atom stereocenters. The summed E-state index contributed by atoms with van der Waals surface area (Å²) < 4.78 is 6.85. The average Bonchev–Trinajstić information content (AvgIpc) is 3.10. The highest BCUT2D eigenvalue weighted by molar-refractivity contribution is 8.01. The average molecular weight is 373 g/mol. The Morgan fingerprint density at radius 1 is 1.42 bits per heavy atom. The third kappa shape index (κ3) is 2.78. The molecule has 2 aliphatic heterocycles. The summed E-state index contributed by atoms with van der Waals surface area (Å²) in [5, 5.41) is 0. The van der Waals surface area contributed by atoms with Crippen LogP contribution in [0, 0.1) is 6.92 Å². The second kappa shape index (κ2) is 6.12. The monoisotopic (exact) mass is 373 g/mol.